The molecule has 1 aromatic carbocycles. The Hall–Kier alpha value is -1.94. The van der Waals surface area contributed by atoms with Crippen molar-refractivity contribution in [2.45, 2.75) is 0 Å². The fraction of sp³-hybridized carbons (Fsp3) is 0. The zero-order chi connectivity index (χ0) is 11.1. The lowest BCUT2D eigenvalue weighted by Gasteiger charge is -1.97. The molecule has 4 nitrogen and oxygen atoms in total. The van der Waals surface area contributed by atoms with Crippen molar-refractivity contribution in [1.82, 2.24) is 15.2 Å². The maximum atomic E-state index is 6.08. The molecule has 0 aliphatic heterocycles. The van der Waals surface area contributed by atoms with Gasteiger partial charge in [-0.25, -0.2) is 0 Å². The van der Waals surface area contributed by atoms with Gasteiger partial charge in [-0.1, -0.05) is 23.7 Å². The SMILES string of the molecule is Nc1cn[nH]c1-c1c[nH]c2c(Cl)cccc12. The van der Waals surface area contributed by atoms with Gasteiger partial charge in [-0.2, -0.15) is 5.10 Å². The van der Waals surface area contributed by atoms with Crippen LogP contribution in [0.4, 0.5) is 5.69 Å². The molecule has 2 aromatic heterocycles. The van der Waals surface area contributed by atoms with Gasteiger partial charge in [0, 0.05) is 17.1 Å². The number of benzene rings is 1. The fourth-order valence-electron chi connectivity index (χ4n) is 1.84. The minimum absolute atomic E-state index is 0.626. The number of H-pyrrole nitrogens is 2. The van der Waals surface area contributed by atoms with E-state index < -0.39 is 0 Å². The van der Waals surface area contributed by atoms with Gasteiger partial charge in [0.1, 0.15) is 0 Å². The molecular formula is C11H9ClN4. The molecule has 16 heavy (non-hydrogen) atoms. The van der Waals surface area contributed by atoms with Crippen molar-refractivity contribution in [2.24, 2.45) is 0 Å². The van der Waals surface area contributed by atoms with Gasteiger partial charge in [-0.05, 0) is 6.07 Å². The van der Waals surface area contributed by atoms with Crippen LogP contribution in [0.1, 0.15) is 0 Å². The number of hydrogen-bond donors (Lipinski definition) is 3. The zero-order valence-corrected chi connectivity index (χ0v) is 9.05. The first-order valence-electron chi connectivity index (χ1n) is 4.82. The summed E-state index contributed by atoms with van der Waals surface area (Å²) in [6.45, 7) is 0. The molecule has 0 saturated carbocycles. The van der Waals surface area contributed by atoms with Crippen molar-refractivity contribution < 1.29 is 0 Å². The molecule has 0 saturated heterocycles. The summed E-state index contributed by atoms with van der Waals surface area (Å²) in [7, 11) is 0. The maximum Gasteiger partial charge on any atom is 0.0901 e. The highest BCUT2D eigenvalue weighted by Gasteiger charge is 2.11. The van der Waals surface area contributed by atoms with Crippen molar-refractivity contribution >= 4 is 28.2 Å². The van der Waals surface area contributed by atoms with E-state index in [1.54, 1.807) is 6.20 Å². The van der Waals surface area contributed by atoms with E-state index in [1.807, 2.05) is 24.4 Å². The summed E-state index contributed by atoms with van der Waals surface area (Å²) >= 11 is 6.08. The number of nitrogens with zero attached hydrogens (tertiary/aromatic N) is 1. The summed E-state index contributed by atoms with van der Waals surface area (Å²) < 4.78 is 0. The summed E-state index contributed by atoms with van der Waals surface area (Å²) in [5.41, 5.74) is 9.15. The van der Waals surface area contributed by atoms with E-state index in [1.165, 1.54) is 0 Å². The number of nitrogens with one attached hydrogen (secondary N) is 2. The van der Waals surface area contributed by atoms with Crippen molar-refractivity contribution in [2.75, 3.05) is 5.73 Å². The number of aromatic nitrogens is 3. The highest BCUT2D eigenvalue weighted by molar-refractivity contribution is 6.35. The first-order chi connectivity index (χ1) is 7.77. The molecule has 2 heterocycles. The van der Waals surface area contributed by atoms with Crippen LogP contribution in [0.3, 0.4) is 0 Å². The highest BCUT2D eigenvalue weighted by Crippen LogP contribution is 2.33. The number of hydrogen-bond acceptors (Lipinski definition) is 2. The number of nitrogens with two attached hydrogens (primary N) is 1. The van der Waals surface area contributed by atoms with Crippen LogP contribution in [-0.4, -0.2) is 15.2 Å². The zero-order valence-electron chi connectivity index (χ0n) is 8.29. The van der Waals surface area contributed by atoms with Gasteiger partial charge in [0.25, 0.3) is 0 Å². The summed E-state index contributed by atoms with van der Waals surface area (Å²) in [6, 6.07) is 5.75. The molecule has 3 rings (SSSR count). The summed E-state index contributed by atoms with van der Waals surface area (Å²) in [5.74, 6) is 0. The Morgan fingerprint density at radius 3 is 2.94 bits per heavy atom. The lowest BCUT2D eigenvalue weighted by atomic mass is 10.1. The van der Waals surface area contributed by atoms with Crippen molar-refractivity contribution in [3.8, 4) is 11.3 Å². The Morgan fingerprint density at radius 1 is 1.31 bits per heavy atom. The molecule has 0 amide bonds. The topological polar surface area (TPSA) is 70.5 Å². The maximum absolute atomic E-state index is 6.08. The van der Waals surface area contributed by atoms with Gasteiger partial charge in [-0.15, -0.1) is 0 Å². The van der Waals surface area contributed by atoms with Crippen LogP contribution in [0.15, 0.2) is 30.6 Å². The molecular weight excluding hydrogens is 224 g/mol. The Bertz CT molecular complexity index is 653. The predicted octanol–water partition coefficient (Wildman–Crippen LogP) is 2.79. The molecule has 0 radical (unpaired) electrons. The third-order valence-corrected chi connectivity index (χ3v) is 2.92. The van der Waals surface area contributed by atoms with E-state index in [-0.39, 0.29) is 0 Å². The Morgan fingerprint density at radius 2 is 2.19 bits per heavy atom. The van der Waals surface area contributed by atoms with E-state index in [0.717, 1.165) is 22.2 Å². The lowest BCUT2D eigenvalue weighted by Crippen LogP contribution is -1.85. The van der Waals surface area contributed by atoms with E-state index in [4.69, 9.17) is 17.3 Å². The molecule has 0 aliphatic carbocycles. The normalized spacial score (nSPS) is 11.1. The number of halogens is 1. The standard InChI is InChI=1S/C11H9ClN4/c12-8-3-1-2-6-7(4-14-10(6)8)11-9(13)5-15-16-11/h1-5,14H,13H2,(H,15,16). The second-order valence-electron chi connectivity index (χ2n) is 3.57. The molecule has 0 fully saturated rings. The summed E-state index contributed by atoms with van der Waals surface area (Å²) in [4.78, 5) is 3.14. The van der Waals surface area contributed by atoms with Crippen LogP contribution in [0, 0.1) is 0 Å². The molecule has 3 aromatic rings. The third-order valence-electron chi connectivity index (χ3n) is 2.60. The van der Waals surface area contributed by atoms with Crippen LogP contribution in [0.25, 0.3) is 22.2 Å². The van der Waals surface area contributed by atoms with Crippen LogP contribution in [0.2, 0.25) is 5.02 Å². The summed E-state index contributed by atoms with van der Waals surface area (Å²) in [6.07, 6.45) is 3.47. The summed E-state index contributed by atoms with van der Waals surface area (Å²) in [5, 5.41) is 8.52. The molecule has 4 N–H and O–H groups in total. The van der Waals surface area contributed by atoms with E-state index in [0.29, 0.717) is 10.7 Å². The van der Waals surface area contributed by atoms with Gasteiger partial charge in [0.15, 0.2) is 0 Å². The average molecular weight is 233 g/mol. The van der Waals surface area contributed by atoms with E-state index in [9.17, 15) is 0 Å². The first kappa shape index (κ1) is 9.30. The minimum Gasteiger partial charge on any atom is -0.396 e. The predicted molar refractivity (Wildman–Crippen MR) is 65.3 cm³/mol. The van der Waals surface area contributed by atoms with Gasteiger partial charge in [-0.3, -0.25) is 5.10 Å². The molecule has 5 heteroatoms. The van der Waals surface area contributed by atoms with Crippen LogP contribution in [0.5, 0.6) is 0 Å². The molecule has 0 spiro atoms. The Kier molecular flexibility index (Phi) is 1.91. The van der Waals surface area contributed by atoms with Crippen LogP contribution in [-0.2, 0) is 0 Å². The van der Waals surface area contributed by atoms with Crippen molar-refractivity contribution in [3.05, 3.63) is 35.6 Å². The third kappa shape index (κ3) is 1.20. The highest BCUT2D eigenvalue weighted by atomic mass is 35.5. The van der Waals surface area contributed by atoms with Gasteiger partial charge in [0.2, 0.25) is 0 Å². The molecule has 0 atom stereocenters. The van der Waals surface area contributed by atoms with Gasteiger partial charge < -0.3 is 10.7 Å². The monoisotopic (exact) mass is 232 g/mol. The van der Waals surface area contributed by atoms with Crippen molar-refractivity contribution in [3.63, 3.8) is 0 Å². The number of para-hydroxylation sites is 1. The molecule has 0 aliphatic rings. The van der Waals surface area contributed by atoms with E-state index >= 15 is 0 Å². The quantitative estimate of drug-likeness (QED) is 0.604. The first-order valence-corrected chi connectivity index (χ1v) is 5.20. The smallest absolute Gasteiger partial charge is 0.0901 e. The lowest BCUT2D eigenvalue weighted by molar-refractivity contribution is 1.10. The number of anilines is 1. The average Bonchev–Trinajstić information content (AvgIpc) is 2.84. The number of nitrogen functional groups attached to an aromatic ring is 1. The molecule has 0 unspecified atom stereocenters. The minimum atomic E-state index is 0.626. The van der Waals surface area contributed by atoms with Crippen LogP contribution >= 0.6 is 11.6 Å². The number of fused-ring (bicyclic) bond motifs is 1. The second-order valence-corrected chi connectivity index (χ2v) is 3.97. The molecule has 80 valence electrons. The van der Waals surface area contributed by atoms with Crippen LogP contribution < -0.4 is 5.73 Å². The second kappa shape index (κ2) is 3.28. The number of rotatable bonds is 1. The van der Waals surface area contributed by atoms with Crippen molar-refractivity contribution in [1.29, 1.82) is 0 Å². The van der Waals surface area contributed by atoms with E-state index in [2.05, 4.69) is 15.2 Å². The van der Waals surface area contributed by atoms with Gasteiger partial charge in [0.05, 0.1) is 28.1 Å². The Balaban J connectivity index is 2.34. The molecule has 0 bridgehead atoms. The Labute approximate surface area is 96.4 Å². The van der Waals surface area contributed by atoms with Gasteiger partial charge >= 0.3 is 0 Å². The number of aromatic amines is 2. The largest absolute Gasteiger partial charge is 0.396 e. The fourth-order valence-corrected chi connectivity index (χ4v) is 2.06.